The summed E-state index contributed by atoms with van der Waals surface area (Å²) >= 11 is 8.15. The van der Waals surface area contributed by atoms with Crippen molar-refractivity contribution in [1.29, 1.82) is 0 Å². The standard InChI is InChI=1S/C29H28ClNO6S/c1-38-22-10-5-17(6-11-22)19-2-7-20(14-19)31-28(32)18-3-8-21(9-4-18)36-27-16-26-23(15-24(27)30)25(12-13-35-26)37-29(33)34/h3-6,8-11,15-16,19-20,25H,2,7,12-14H2,1H3,(H,31,32)(H,33,34). The number of halogens is 1. The van der Waals surface area contributed by atoms with E-state index in [-0.39, 0.29) is 11.9 Å². The zero-order chi connectivity index (χ0) is 26.6. The van der Waals surface area contributed by atoms with E-state index < -0.39 is 12.3 Å². The Kier molecular flexibility index (Phi) is 8.00. The Morgan fingerprint density at radius 2 is 1.82 bits per heavy atom. The fraction of sp³-hybridized carbons (Fsp3) is 0.310. The smallest absolute Gasteiger partial charge is 0.493 e. The average molecular weight is 554 g/mol. The molecule has 1 aliphatic heterocycles. The number of ether oxygens (including phenoxy) is 3. The van der Waals surface area contributed by atoms with Crippen molar-refractivity contribution in [2.75, 3.05) is 12.9 Å². The number of fused-ring (bicyclic) bond motifs is 1. The van der Waals surface area contributed by atoms with E-state index in [0.29, 0.717) is 52.3 Å². The molecule has 3 aromatic rings. The molecule has 0 spiro atoms. The van der Waals surface area contributed by atoms with Crippen LogP contribution in [0.2, 0.25) is 5.02 Å². The van der Waals surface area contributed by atoms with Crippen molar-refractivity contribution in [2.24, 2.45) is 0 Å². The Labute approximate surface area is 230 Å². The molecular weight excluding hydrogens is 526 g/mol. The van der Waals surface area contributed by atoms with Crippen molar-refractivity contribution in [1.82, 2.24) is 5.32 Å². The Hall–Kier alpha value is -3.36. The molecule has 2 N–H and O–H groups in total. The zero-order valence-corrected chi connectivity index (χ0v) is 22.4. The highest BCUT2D eigenvalue weighted by Crippen LogP contribution is 2.42. The van der Waals surface area contributed by atoms with Gasteiger partial charge in [0, 0.05) is 34.6 Å². The number of carbonyl (C=O) groups excluding carboxylic acids is 1. The van der Waals surface area contributed by atoms with Gasteiger partial charge in [0.2, 0.25) is 0 Å². The highest BCUT2D eigenvalue weighted by atomic mass is 35.5. The van der Waals surface area contributed by atoms with Crippen LogP contribution in [0.4, 0.5) is 4.79 Å². The summed E-state index contributed by atoms with van der Waals surface area (Å²) in [5, 5.41) is 12.4. The molecule has 1 aliphatic carbocycles. The number of hydrogen-bond acceptors (Lipinski definition) is 6. The van der Waals surface area contributed by atoms with Crippen LogP contribution in [0.5, 0.6) is 17.2 Å². The van der Waals surface area contributed by atoms with E-state index in [1.54, 1.807) is 48.2 Å². The van der Waals surface area contributed by atoms with Gasteiger partial charge in [-0.05, 0) is 79.5 Å². The van der Waals surface area contributed by atoms with Gasteiger partial charge in [-0.15, -0.1) is 11.8 Å². The quantitative estimate of drug-likeness (QED) is 0.232. The van der Waals surface area contributed by atoms with Crippen LogP contribution in [0.15, 0.2) is 65.6 Å². The predicted octanol–water partition coefficient (Wildman–Crippen LogP) is 7.44. The first-order valence-electron chi connectivity index (χ1n) is 12.5. The van der Waals surface area contributed by atoms with Crippen LogP contribution in [0, 0.1) is 0 Å². The minimum Gasteiger partial charge on any atom is -0.493 e. The molecule has 3 atom stereocenters. The number of amides is 1. The molecule has 1 heterocycles. The second-order valence-electron chi connectivity index (χ2n) is 9.41. The van der Waals surface area contributed by atoms with E-state index in [4.69, 9.17) is 30.9 Å². The van der Waals surface area contributed by atoms with Crippen LogP contribution >= 0.6 is 23.4 Å². The minimum absolute atomic E-state index is 0.107. The molecule has 7 nitrogen and oxygen atoms in total. The minimum atomic E-state index is -1.35. The van der Waals surface area contributed by atoms with Gasteiger partial charge < -0.3 is 24.6 Å². The van der Waals surface area contributed by atoms with Crippen molar-refractivity contribution < 1.29 is 28.9 Å². The second-order valence-corrected chi connectivity index (χ2v) is 10.7. The first-order chi connectivity index (χ1) is 18.4. The molecule has 198 valence electrons. The van der Waals surface area contributed by atoms with E-state index in [0.717, 1.165) is 19.3 Å². The molecule has 1 saturated carbocycles. The lowest BCUT2D eigenvalue weighted by atomic mass is 9.97. The SMILES string of the molecule is CSc1ccc(C2CCC(NC(=O)c3ccc(Oc4cc5c(cc4Cl)C(OC(=O)O)CCO5)cc3)C2)cc1. The van der Waals surface area contributed by atoms with Crippen molar-refractivity contribution in [2.45, 2.75) is 48.6 Å². The van der Waals surface area contributed by atoms with Gasteiger partial charge in [-0.2, -0.15) is 0 Å². The monoisotopic (exact) mass is 553 g/mol. The number of thioether (sulfide) groups is 1. The Balaban J connectivity index is 1.19. The van der Waals surface area contributed by atoms with Gasteiger partial charge in [-0.25, -0.2) is 4.79 Å². The van der Waals surface area contributed by atoms with Gasteiger partial charge >= 0.3 is 6.16 Å². The lowest BCUT2D eigenvalue weighted by molar-refractivity contribution is 0.0326. The number of benzene rings is 3. The fourth-order valence-electron chi connectivity index (χ4n) is 5.04. The molecular formula is C29H28ClNO6S. The van der Waals surface area contributed by atoms with Gasteiger partial charge in [0.15, 0.2) is 0 Å². The summed E-state index contributed by atoms with van der Waals surface area (Å²) < 4.78 is 16.5. The summed E-state index contributed by atoms with van der Waals surface area (Å²) in [6.07, 6.45) is 3.44. The maximum Gasteiger partial charge on any atom is 0.506 e. The molecule has 3 unspecified atom stereocenters. The van der Waals surface area contributed by atoms with Crippen molar-refractivity contribution in [3.8, 4) is 17.2 Å². The molecule has 3 aromatic carbocycles. The number of hydrogen-bond donors (Lipinski definition) is 2. The van der Waals surface area contributed by atoms with Gasteiger partial charge in [-0.1, -0.05) is 23.7 Å². The Bertz CT molecular complexity index is 1310. The van der Waals surface area contributed by atoms with E-state index >= 15 is 0 Å². The molecule has 0 radical (unpaired) electrons. The molecule has 1 amide bonds. The normalized spacial score (nSPS) is 20.2. The fourth-order valence-corrected chi connectivity index (χ4v) is 5.66. The number of carboxylic acid groups (broad SMARTS) is 1. The van der Waals surface area contributed by atoms with Crippen molar-refractivity contribution in [3.05, 3.63) is 82.4 Å². The zero-order valence-electron chi connectivity index (χ0n) is 20.8. The summed E-state index contributed by atoms with van der Waals surface area (Å²) in [6.45, 7) is 0.321. The Morgan fingerprint density at radius 1 is 1.05 bits per heavy atom. The maximum absolute atomic E-state index is 12.9. The largest absolute Gasteiger partial charge is 0.506 e. The number of rotatable bonds is 7. The van der Waals surface area contributed by atoms with Crippen molar-refractivity contribution >= 4 is 35.4 Å². The topological polar surface area (TPSA) is 94.1 Å². The maximum atomic E-state index is 12.9. The highest BCUT2D eigenvalue weighted by Gasteiger charge is 2.28. The van der Waals surface area contributed by atoms with Crippen LogP contribution in [0.1, 0.15) is 59.2 Å². The van der Waals surface area contributed by atoms with Gasteiger partial charge in [-0.3, -0.25) is 4.79 Å². The van der Waals surface area contributed by atoms with Crippen LogP contribution < -0.4 is 14.8 Å². The van der Waals surface area contributed by atoms with Crippen LogP contribution in [0.3, 0.4) is 0 Å². The molecule has 0 aromatic heterocycles. The Morgan fingerprint density at radius 3 is 2.53 bits per heavy atom. The lowest BCUT2D eigenvalue weighted by Crippen LogP contribution is -2.32. The molecule has 5 rings (SSSR count). The highest BCUT2D eigenvalue weighted by molar-refractivity contribution is 7.98. The third kappa shape index (κ3) is 6.03. The summed E-state index contributed by atoms with van der Waals surface area (Å²) in [7, 11) is 0. The number of nitrogens with one attached hydrogen (secondary N) is 1. The first-order valence-corrected chi connectivity index (χ1v) is 14.1. The van der Waals surface area contributed by atoms with Crippen molar-refractivity contribution in [3.63, 3.8) is 0 Å². The van der Waals surface area contributed by atoms with E-state index in [1.165, 1.54) is 10.5 Å². The van der Waals surface area contributed by atoms with Gasteiger partial charge in [0.25, 0.3) is 5.91 Å². The first kappa shape index (κ1) is 26.3. The van der Waals surface area contributed by atoms with E-state index in [9.17, 15) is 9.59 Å². The molecule has 1 fully saturated rings. The van der Waals surface area contributed by atoms with Crippen LogP contribution in [0.25, 0.3) is 0 Å². The van der Waals surface area contributed by atoms with Gasteiger partial charge in [0.1, 0.15) is 23.4 Å². The molecule has 2 aliphatic rings. The third-order valence-corrected chi connectivity index (χ3v) is 8.03. The second kappa shape index (κ2) is 11.6. The van der Waals surface area contributed by atoms with E-state index in [1.807, 2.05) is 0 Å². The lowest BCUT2D eigenvalue weighted by Gasteiger charge is -2.25. The summed E-state index contributed by atoms with van der Waals surface area (Å²) in [4.78, 5) is 25.1. The van der Waals surface area contributed by atoms with Crippen LogP contribution in [-0.4, -0.2) is 36.1 Å². The molecule has 0 bridgehead atoms. The van der Waals surface area contributed by atoms with E-state index in [2.05, 4.69) is 35.8 Å². The summed E-state index contributed by atoms with van der Waals surface area (Å²) in [6, 6.07) is 19.0. The van der Waals surface area contributed by atoms with Gasteiger partial charge in [0.05, 0.1) is 11.6 Å². The molecule has 9 heteroatoms. The molecule has 38 heavy (non-hydrogen) atoms. The third-order valence-electron chi connectivity index (χ3n) is 6.99. The predicted molar refractivity (Wildman–Crippen MR) is 146 cm³/mol. The summed E-state index contributed by atoms with van der Waals surface area (Å²) in [5.74, 6) is 1.69. The summed E-state index contributed by atoms with van der Waals surface area (Å²) in [5.41, 5.74) is 2.45. The average Bonchev–Trinajstić information content (AvgIpc) is 3.38. The van der Waals surface area contributed by atoms with Crippen LogP contribution in [-0.2, 0) is 4.74 Å². The number of carbonyl (C=O) groups is 2. The molecule has 0 saturated heterocycles.